The Morgan fingerprint density at radius 3 is 2.74 bits per heavy atom. The third kappa shape index (κ3) is 2.70. The van der Waals surface area contributed by atoms with Gasteiger partial charge in [-0.2, -0.15) is 0 Å². The van der Waals surface area contributed by atoms with Crippen molar-refractivity contribution >= 4 is 22.6 Å². The van der Waals surface area contributed by atoms with Gasteiger partial charge in [0.05, 0.1) is 0 Å². The van der Waals surface area contributed by atoms with Gasteiger partial charge < -0.3 is 10.0 Å². The van der Waals surface area contributed by atoms with E-state index in [2.05, 4.69) is 4.98 Å². The van der Waals surface area contributed by atoms with E-state index in [1.165, 1.54) is 7.05 Å². The molecule has 1 N–H and O–H groups in total. The number of carbonyl (C=O) groups excluding carboxylic acids is 1. The van der Waals surface area contributed by atoms with Crippen LogP contribution in [0.15, 0.2) is 30.5 Å². The summed E-state index contributed by atoms with van der Waals surface area (Å²) in [6, 6.07) is 7.57. The largest absolute Gasteiger partial charge is 0.480 e. The number of hydrogen-bond acceptors (Lipinski definition) is 3. The number of carboxylic acids is 1. The van der Waals surface area contributed by atoms with Crippen molar-refractivity contribution in [3.05, 3.63) is 41.7 Å². The summed E-state index contributed by atoms with van der Waals surface area (Å²) in [7, 11) is 1.45. The first-order valence-electron chi connectivity index (χ1n) is 5.81. The number of carbonyl (C=O) groups is 2. The number of rotatable bonds is 3. The maximum absolute atomic E-state index is 12.2. The van der Waals surface area contributed by atoms with Gasteiger partial charge in [0, 0.05) is 18.6 Å². The molecule has 0 saturated carbocycles. The van der Waals surface area contributed by atoms with Crippen LogP contribution in [0.3, 0.4) is 0 Å². The summed E-state index contributed by atoms with van der Waals surface area (Å²) in [5.74, 6) is -1.44. The summed E-state index contributed by atoms with van der Waals surface area (Å²) in [5.41, 5.74) is 1.31. The molecule has 0 bridgehead atoms. The van der Waals surface area contributed by atoms with Crippen molar-refractivity contribution in [3.8, 4) is 0 Å². The molecule has 2 rings (SSSR count). The number of carboxylic acid groups (broad SMARTS) is 1. The fourth-order valence-electron chi connectivity index (χ4n) is 1.91. The van der Waals surface area contributed by atoms with Gasteiger partial charge in [0.2, 0.25) is 0 Å². The Hall–Kier alpha value is -2.43. The molecular weight excluding hydrogens is 244 g/mol. The Labute approximate surface area is 110 Å². The highest BCUT2D eigenvalue weighted by molar-refractivity contribution is 6.05. The lowest BCUT2D eigenvalue weighted by Crippen LogP contribution is -2.32. The van der Waals surface area contributed by atoms with Gasteiger partial charge in [-0.15, -0.1) is 0 Å². The van der Waals surface area contributed by atoms with Gasteiger partial charge in [-0.3, -0.25) is 14.6 Å². The van der Waals surface area contributed by atoms with Crippen molar-refractivity contribution in [2.45, 2.75) is 6.92 Å². The fourth-order valence-corrected chi connectivity index (χ4v) is 1.91. The van der Waals surface area contributed by atoms with E-state index in [0.29, 0.717) is 0 Å². The molecule has 5 heteroatoms. The van der Waals surface area contributed by atoms with Crippen molar-refractivity contribution in [1.82, 2.24) is 9.88 Å². The monoisotopic (exact) mass is 258 g/mol. The number of aliphatic carboxylic acids is 1. The Balaban J connectivity index is 2.47. The lowest BCUT2D eigenvalue weighted by Gasteiger charge is -2.15. The van der Waals surface area contributed by atoms with Crippen molar-refractivity contribution < 1.29 is 14.7 Å². The lowest BCUT2D eigenvalue weighted by atomic mass is 10.1. The molecule has 0 aliphatic carbocycles. The van der Waals surface area contributed by atoms with Crippen LogP contribution in [-0.2, 0) is 4.79 Å². The van der Waals surface area contributed by atoms with Gasteiger partial charge >= 0.3 is 5.97 Å². The highest BCUT2D eigenvalue weighted by Crippen LogP contribution is 2.19. The summed E-state index contributed by atoms with van der Waals surface area (Å²) < 4.78 is 0. The van der Waals surface area contributed by atoms with E-state index in [0.717, 1.165) is 21.2 Å². The van der Waals surface area contributed by atoms with E-state index in [4.69, 9.17) is 5.11 Å². The molecule has 1 aromatic heterocycles. The van der Waals surface area contributed by atoms with Gasteiger partial charge in [0.25, 0.3) is 5.91 Å². The van der Waals surface area contributed by atoms with Crippen LogP contribution in [0.2, 0.25) is 0 Å². The molecule has 1 aromatic carbocycles. The van der Waals surface area contributed by atoms with Gasteiger partial charge in [-0.25, -0.2) is 0 Å². The Kier molecular flexibility index (Phi) is 3.46. The standard InChI is InChI=1S/C14H14N2O3/c1-9-3-4-10-5-6-15-13(11(10)7-9)14(19)16(2)8-12(17)18/h3-7H,8H2,1-2H3,(H,17,18). The molecule has 0 aliphatic heterocycles. The minimum absolute atomic E-state index is 0.282. The smallest absolute Gasteiger partial charge is 0.323 e. The number of amides is 1. The van der Waals surface area contributed by atoms with E-state index in [1.807, 2.05) is 31.2 Å². The molecule has 0 fully saturated rings. The number of nitrogens with zero attached hydrogens (tertiary/aromatic N) is 2. The van der Waals surface area contributed by atoms with Crippen LogP contribution in [0.25, 0.3) is 10.8 Å². The van der Waals surface area contributed by atoms with E-state index in [9.17, 15) is 9.59 Å². The zero-order valence-corrected chi connectivity index (χ0v) is 10.8. The van der Waals surface area contributed by atoms with Crippen molar-refractivity contribution in [3.63, 3.8) is 0 Å². The van der Waals surface area contributed by atoms with Crippen LogP contribution in [0, 0.1) is 6.92 Å². The number of aromatic nitrogens is 1. The van der Waals surface area contributed by atoms with Crippen LogP contribution < -0.4 is 0 Å². The zero-order chi connectivity index (χ0) is 14.0. The van der Waals surface area contributed by atoms with Crippen LogP contribution >= 0.6 is 0 Å². The SMILES string of the molecule is Cc1ccc2ccnc(C(=O)N(C)CC(=O)O)c2c1. The van der Waals surface area contributed by atoms with E-state index in [-0.39, 0.29) is 12.2 Å². The second-order valence-corrected chi connectivity index (χ2v) is 4.44. The number of aryl methyl sites for hydroxylation is 1. The van der Waals surface area contributed by atoms with Gasteiger partial charge in [0.15, 0.2) is 0 Å². The maximum Gasteiger partial charge on any atom is 0.323 e. The summed E-state index contributed by atoms with van der Waals surface area (Å²) >= 11 is 0. The Morgan fingerprint density at radius 1 is 1.32 bits per heavy atom. The highest BCUT2D eigenvalue weighted by Gasteiger charge is 2.18. The van der Waals surface area contributed by atoms with Gasteiger partial charge in [-0.1, -0.05) is 17.7 Å². The summed E-state index contributed by atoms with van der Waals surface area (Å²) in [4.78, 5) is 28.1. The van der Waals surface area contributed by atoms with Crippen LogP contribution in [0.1, 0.15) is 16.1 Å². The number of fused-ring (bicyclic) bond motifs is 1. The fraction of sp³-hybridized carbons (Fsp3) is 0.214. The molecule has 5 nitrogen and oxygen atoms in total. The molecule has 1 heterocycles. The molecule has 19 heavy (non-hydrogen) atoms. The second-order valence-electron chi connectivity index (χ2n) is 4.44. The maximum atomic E-state index is 12.2. The number of benzene rings is 1. The van der Waals surface area contributed by atoms with Gasteiger partial charge in [-0.05, 0) is 24.4 Å². The Bertz CT molecular complexity index is 652. The third-order valence-electron chi connectivity index (χ3n) is 2.84. The minimum atomic E-state index is -1.05. The molecular formula is C14H14N2O3. The normalized spacial score (nSPS) is 10.4. The molecule has 0 atom stereocenters. The molecule has 0 radical (unpaired) electrons. The minimum Gasteiger partial charge on any atom is -0.480 e. The first-order chi connectivity index (χ1) is 8.99. The van der Waals surface area contributed by atoms with E-state index in [1.54, 1.807) is 6.20 Å². The van der Waals surface area contributed by atoms with E-state index < -0.39 is 11.9 Å². The van der Waals surface area contributed by atoms with Crippen molar-refractivity contribution in [1.29, 1.82) is 0 Å². The quantitative estimate of drug-likeness (QED) is 0.909. The predicted molar refractivity (Wildman–Crippen MR) is 71.1 cm³/mol. The first kappa shape index (κ1) is 13.0. The van der Waals surface area contributed by atoms with E-state index >= 15 is 0 Å². The number of likely N-dealkylation sites (N-methyl/N-ethyl adjacent to an activating group) is 1. The molecule has 0 saturated heterocycles. The molecule has 2 aromatic rings. The molecule has 98 valence electrons. The van der Waals surface area contributed by atoms with Crippen LogP contribution in [0.5, 0.6) is 0 Å². The molecule has 0 unspecified atom stereocenters. The average Bonchev–Trinajstić information content (AvgIpc) is 2.36. The van der Waals surface area contributed by atoms with Crippen molar-refractivity contribution in [2.75, 3.05) is 13.6 Å². The highest BCUT2D eigenvalue weighted by atomic mass is 16.4. The summed E-state index contributed by atoms with van der Waals surface area (Å²) in [6.45, 7) is 1.59. The van der Waals surface area contributed by atoms with Crippen LogP contribution in [0.4, 0.5) is 0 Å². The summed E-state index contributed by atoms with van der Waals surface area (Å²) in [6.07, 6.45) is 1.56. The molecule has 1 amide bonds. The first-order valence-corrected chi connectivity index (χ1v) is 5.81. The summed E-state index contributed by atoms with van der Waals surface area (Å²) in [5, 5.41) is 10.4. The van der Waals surface area contributed by atoms with Crippen molar-refractivity contribution in [2.24, 2.45) is 0 Å². The molecule has 0 spiro atoms. The lowest BCUT2D eigenvalue weighted by molar-refractivity contribution is -0.137. The predicted octanol–water partition coefficient (Wildman–Crippen LogP) is 1.70. The van der Waals surface area contributed by atoms with Crippen LogP contribution in [-0.4, -0.2) is 40.5 Å². The Morgan fingerprint density at radius 2 is 2.05 bits per heavy atom. The van der Waals surface area contributed by atoms with Gasteiger partial charge in [0.1, 0.15) is 12.2 Å². The zero-order valence-electron chi connectivity index (χ0n) is 10.8. The third-order valence-corrected chi connectivity index (χ3v) is 2.84. The second kappa shape index (κ2) is 5.06. The number of hydrogen-bond donors (Lipinski definition) is 1. The molecule has 0 aliphatic rings. The average molecular weight is 258 g/mol. The number of pyridine rings is 1. The topological polar surface area (TPSA) is 70.5 Å².